The molecule has 0 aliphatic heterocycles. The zero-order valence-corrected chi connectivity index (χ0v) is 13.7. The van der Waals surface area contributed by atoms with Gasteiger partial charge in [0.2, 0.25) is 0 Å². The van der Waals surface area contributed by atoms with E-state index < -0.39 is 0 Å². The summed E-state index contributed by atoms with van der Waals surface area (Å²) in [7, 11) is 0. The van der Waals surface area contributed by atoms with Crippen LogP contribution >= 0.6 is 15.9 Å². The first kappa shape index (κ1) is 14.8. The molecule has 1 fully saturated rings. The quantitative estimate of drug-likeness (QED) is 0.825. The summed E-state index contributed by atoms with van der Waals surface area (Å²) in [6.45, 7) is 7.20. The lowest BCUT2D eigenvalue weighted by Gasteiger charge is -2.14. The van der Waals surface area contributed by atoms with Crippen LogP contribution in [0.4, 0.5) is 0 Å². The fourth-order valence-electron chi connectivity index (χ4n) is 3.11. The third-order valence-electron chi connectivity index (χ3n) is 4.31. The van der Waals surface area contributed by atoms with Crippen LogP contribution in [0.2, 0.25) is 0 Å². The maximum atomic E-state index is 12.5. The van der Waals surface area contributed by atoms with Crippen molar-refractivity contribution in [1.29, 1.82) is 0 Å². The molecule has 0 aromatic carbocycles. The van der Waals surface area contributed by atoms with Gasteiger partial charge in [-0.3, -0.25) is 9.48 Å². The van der Waals surface area contributed by atoms with Crippen LogP contribution in [0.1, 0.15) is 51.4 Å². The lowest BCUT2D eigenvalue weighted by Crippen LogP contribution is -2.20. The minimum atomic E-state index is 0.261. The Morgan fingerprint density at radius 2 is 2.16 bits per heavy atom. The predicted molar refractivity (Wildman–Crippen MR) is 80.2 cm³/mol. The van der Waals surface area contributed by atoms with Gasteiger partial charge in [0.15, 0.2) is 0 Å². The van der Waals surface area contributed by atoms with Gasteiger partial charge in [0.25, 0.3) is 0 Å². The number of Topliss-reactive ketones (excluding diaryl/α,β-unsaturated/α-hetero) is 1. The van der Waals surface area contributed by atoms with Gasteiger partial charge in [-0.1, -0.05) is 20.3 Å². The molecule has 2 rings (SSSR count). The van der Waals surface area contributed by atoms with Gasteiger partial charge < -0.3 is 0 Å². The number of halogens is 1. The molecule has 19 heavy (non-hydrogen) atoms. The second kappa shape index (κ2) is 6.21. The van der Waals surface area contributed by atoms with Gasteiger partial charge in [-0.25, -0.2) is 0 Å². The van der Waals surface area contributed by atoms with Crippen molar-refractivity contribution in [3.8, 4) is 0 Å². The molecular weight excluding hydrogens is 304 g/mol. The smallest absolute Gasteiger partial charge is 0.142 e. The van der Waals surface area contributed by atoms with E-state index in [0.29, 0.717) is 18.1 Å². The van der Waals surface area contributed by atoms with Crippen LogP contribution in [-0.2, 0) is 24.2 Å². The Kier molecular flexibility index (Phi) is 4.82. The molecule has 2 unspecified atom stereocenters. The van der Waals surface area contributed by atoms with E-state index in [1.807, 2.05) is 4.68 Å². The summed E-state index contributed by atoms with van der Waals surface area (Å²) in [5.74, 6) is 1.20. The third-order valence-corrected chi connectivity index (χ3v) is 5.23. The molecule has 4 heteroatoms. The maximum absolute atomic E-state index is 12.5. The summed E-state index contributed by atoms with van der Waals surface area (Å²) in [4.78, 5) is 12.5. The predicted octanol–water partition coefficient (Wildman–Crippen LogP) is 3.78. The molecular formula is C15H23BrN2O. The third kappa shape index (κ3) is 2.93. The molecule has 1 aliphatic rings. The standard InChI is InChI=1S/C15H23BrN2O/c1-4-12-15(16)13(18(5-2)17-12)9-14(19)11-8-6-7-10(11)3/h10-11H,4-9H2,1-3H3. The van der Waals surface area contributed by atoms with Gasteiger partial charge in [-0.05, 0) is 48.0 Å². The van der Waals surface area contributed by atoms with Gasteiger partial charge in [0.05, 0.1) is 15.9 Å². The monoisotopic (exact) mass is 326 g/mol. The summed E-state index contributed by atoms with van der Waals surface area (Å²) < 4.78 is 3.01. The highest BCUT2D eigenvalue weighted by Crippen LogP contribution is 2.33. The number of aromatic nitrogens is 2. The number of carbonyl (C=O) groups is 1. The molecule has 0 radical (unpaired) electrons. The van der Waals surface area contributed by atoms with Gasteiger partial charge in [-0.15, -0.1) is 0 Å². The molecule has 1 heterocycles. The number of carbonyl (C=O) groups excluding carboxylic acids is 1. The normalized spacial score (nSPS) is 22.9. The molecule has 0 amide bonds. The molecule has 106 valence electrons. The van der Waals surface area contributed by atoms with Crippen molar-refractivity contribution < 1.29 is 4.79 Å². The highest BCUT2D eigenvalue weighted by molar-refractivity contribution is 9.10. The van der Waals surface area contributed by atoms with Crippen molar-refractivity contribution in [3.63, 3.8) is 0 Å². The van der Waals surface area contributed by atoms with Crippen molar-refractivity contribution in [2.45, 2.75) is 59.4 Å². The van der Waals surface area contributed by atoms with Gasteiger partial charge in [0, 0.05) is 18.9 Å². The van der Waals surface area contributed by atoms with E-state index >= 15 is 0 Å². The van der Waals surface area contributed by atoms with E-state index in [1.165, 1.54) is 12.8 Å². The number of hydrogen-bond donors (Lipinski definition) is 0. The van der Waals surface area contributed by atoms with E-state index in [9.17, 15) is 4.79 Å². The highest BCUT2D eigenvalue weighted by Gasteiger charge is 2.30. The minimum Gasteiger partial charge on any atom is -0.299 e. The van der Waals surface area contributed by atoms with Crippen LogP contribution in [0.25, 0.3) is 0 Å². The van der Waals surface area contributed by atoms with Gasteiger partial charge in [-0.2, -0.15) is 5.10 Å². The lowest BCUT2D eigenvalue weighted by atomic mass is 9.91. The molecule has 0 spiro atoms. The summed E-state index contributed by atoms with van der Waals surface area (Å²) in [6, 6.07) is 0. The number of nitrogens with zero attached hydrogens (tertiary/aromatic N) is 2. The molecule has 1 aromatic rings. The van der Waals surface area contributed by atoms with Crippen molar-refractivity contribution in [2.24, 2.45) is 11.8 Å². The van der Waals surface area contributed by atoms with E-state index in [4.69, 9.17) is 0 Å². The molecule has 2 atom stereocenters. The maximum Gasteiger partial charge on any atom is 0.142 e. The summed E-state index contributed by atoms with van der Waals surface area (Å²) in [5, 5.41) is 4.56. The topological polar surface area (TPSA) is 34.9 Å². The average molecular weight is 327 g/mol. The average Bonchev–Trinajstić information content (AvgIpc) is 2.95. The number of hydrogen-bond acceptors (Lipinski definition) is 2. The first-order valence-corrected chi connectivity index (χ1v) is 8.14. The van der Waals surface area contributed by atoms with E-state index in [2.05, 4.69) is 41.8 Å². The van der Waals surface area contributed by atoms with E-state index in [-0.39, 0.29) is 5.92 Å². The molecule has 3 nitrogen and oxygen atoms in total. The molecule has 1 aliphatic carbocycles. The zero-order valence-electron chi connectivity index (χ0n) is 12.1. The van der Waals surface area contributed by atoms with E-state index in [0.717, 1.165) is 35.2 Å². The Morgan fingerprint density at radius 1 is 1.42 bits per heavy atom. The van der Waals surface area contributed by atoms with Crippen LogP contribution < -0.4 is 0 Å². The summed E-state index contributed by atoms with van der Waals surface area (Å²) in [5.41, 5.74) is 2.12. The van der Waals surface area contributed by atoms with Crippen LogP contribution in [0.5, 0.6) is 0 Å². The summed E-state index contributed by atoms with van der Waals surface area (Å²) >= 11 is 3.62. The fourth-order valence-corrected chi connectivity index (χ4v) is 3.81. The van der Waals surface area contributed by atoms with Crippen molar-refractivity contribution in [2.75, 3.05) is 0 Å². The van der Waals surface area contributed by atoms with Crippen LogP contribution in [0.15, 0.2) is 4.47 Å². The Balaban J connectivity index is 2.18. The van der Waals surface area contributed by atoms with E-state index in [1.54, 1.807) is 0 Å². The second-order valence-electron chi connectivity index (χ2n) is 5.53. The number of aryl methyl sites for hydroxylation is 2. The first-order chi connectivity index (χ1) is 9.08. The molecule has 0 N–H and O–H groups in total. The fraction of sp³-hybridized carbons (Fsp3) is 0.733. The highest BCUT2D eigenvalue weighted by atomic mass is 79.9. The molecule has 0 saturated heterocycles. The molecule has 1 saturated carbocycles. The van der Waals surface area contributed by atoms with Gasteiger partial charge >= 0.3 is 0 Å². The Labute approximate surface area is 123 Å². The molecule has 1 aromatic heterocycles. The number of rotatable bonds is 5. The minimum absolute atomic E-state index is 0.261. The van der Waals surface area contributed by atoms with Crippen LogP contribution in [0, 0.1) is 11.8 Å². The SMILES string of the molecule is CCc1nn(CC)c(CC(=O)C2CCCC2C)c1Br. The molecule has 0 bridgehead atoms. The van der Waals surface area contributed by atoms with Gasteiger partial charge in [0.1, 0.15) is 5.78 Å². The van der Waals surface area contributed by atoms with Crippen molar-refractivity contribution in [1.82, 2.24) is 9.78 Å². The Bertz CT molecular complexity index is 467. The largest absolute Gasteiger partial charge is 0.299 e. The van der Waals surface area contributed by atoms with Crippen molar-refractivity contribution >= 4 is 21.7 Å². The Hall–Kier alpha value is -0.640. The van der Waals surface area contributed by atoms with Crippen LogP contribution in [0.3, 0.4) is 0 Å². The summed E-state index contributed by atoms with van der Waals surface area (Å²) in [6.07, 6.45) is 4.89. The zero-order chi connectivity index (χ0) is 14.0. The van der Waals surface area contributed by atoms with Crippen LogP contribution in [-0.4, -0.2) is 15.6 Å². The second-order valence-corrected chi connectivity index (χ2v) is 6.33. The lowest BCUT2D eigenvalue weighted by molar-refractivity contribution is -0.123. The Morgan fingerprint density at radius 3 is 2.68 bits per heavy atom. The van der Waals surface area contributed by atoms with Crippen molar-refractivity contribution in [3.05, 3.63) is 15.9 Å². The number of ketones is 1. The first-order valence-electron chi connectivity index (χ1n) is 7.35.